The summed E-state index contributed by atoms with van der Waals surface area (Å²) >= 11 is 1.71. The third-order valence-corrected chi connectivity index (χ3v) is 9.33. The van der Waals surface area contributed by atoms with Crippen LogP contribution in [0.25, 0.3) is 88.0 Å². The molecule has 0 saturated carbocycles. The van der Waals surface area contributed by atoms with Crippen LogP contribution in [0.1, 0.15) is 0 Å². The highest BCUT2D eigenvalue weighted by molar-refractivity contribution is 7.22. The number of nitrogens with zero attached hydrogens (tertiary/aromatic N) is 4. The van der Waals surface area contributed by atoms with Gasteiger partial charge in [-0.25, -0.2) is 19.9 Å². The Labute approximate surface area is 268 Å². The summed E-state index contributed by atoms with van der Waals surface area (Å²) in [5.74, 6) is 1.89. The lowest BCUT2D eigenvalue weighted by Crippen LogP contribution is -2.00. The van der Waals surface area contributed by atoms with Crippen molar-refractivity contribution in [3.8, 4) is 55.9 Å². The Balaban J connectivity index is 1.20. The predicted molar refractivity (Wildman–Crippen MR) is 187 cm³/mol. The highest BCUT2D eigenvalue weighted by Gasteiger charge is 2.18. The van der Waals surface area contributed by atoms with E-state index in [0.29, 0.717) is 17.5 Å². The van der Waals surface area contributed by atoms with Gasteiger partial charge in [0, 0.05) is 44.2 Å². The SMILES string of the molecule is c1ccc(-c2nc(-c3ccccc3)nc(-c3ccc4oc5c(-c6cccc7nc(-c8ccccc8)sc67)cccc5c4c3)n2)cc1. The number of aromatic nitrogens is 4. The largest absolute Gasteiger partial charge is 0.455 e. The van der Waals surface area contributed by atoms with E-state index < -0.39 is 0 Å². The number of fused-ring (bicyclic) bond motifs is 4. The molecule has 3 heterocycles. The molecule has 46 heavy (non-hydrogen) atoms. The zero-order valence-electron chi connectivity index (χ0n) is 24.5. The van der Waals surface area contributed by atoms with Crippen LogP contribution >= 0.6 is 11.3 Å². The van der Waals surface area contributed by atoms with Crippen LogP contribution in [0.4, 0.5) is 0 Å². The number of para-hydroxylation sites is 1. The molecule has 0 aliphatic carbocycles. The van der Waals surface area contributed by atoms with Gasteiger partial charge in [-0.2, -0.15) is 0 Å². The zero-order valence-corrected chi connectivity index (χ0v) is 25.3. The van der Waals surface area contributed by atoms with Gasteiger partial charge >= 0.3 is 0 Å². The fourth-order valence-corrected chi connectivity index (χ4v) is 7.05. The summed E-state index contributed by atoms with van der Waals surface area (Å²) in [6, 6.07) is 49.2. The first-order chi connectivity index (χ1) is 22.8. The smallest absolute Gasteiger partial charge is 0.164 e. The molecule has 3 aromatic heterocycles. The number of furan rings is 1. The molecule has 0 bridgehead atoms. The van der Waals surface area contributed by atoms with Gasteiger partial charge in [0.05, 0.1) is 10.2 Å². The molecular weight excluding hydrogens is 585 g/mol. The Bertz CT molecular complexity index is 2470. The maximum Gasteiger partial charge on any atom is 0.164 e. The Morgan fingerprint density at radius 3 is 1.70 bits per heavy atom. The van der Waals surface area contributed by atoms with E-state index in [1.807, 2.05) is 91.0 Å². The van der Waals surface area contributed by atoms with E-state index in [0.717, 1.165) is 70.5 Å². The summed E-state index contributed by atoms with van der Waals surface area (Å²) in [5.41, 5.74) is 8.70. The summed E-state index contributed by atoms with van der Waals surface area (Å²) < 4.78 is 7.73. The second kappa shape index (κ2) is 10.9. The Hall–Kier alpha value is -5.98. The molecule has 9 aromatic rings. The Morgan fingerprint density at radius 2 is 1.02 bits per heavy atom. The molecule has 0 aliphatic heterocycles. The average Bonchev–Trinajstić information content (AvgIpc) is 3.74. The van der Waals surface area contributed by atoms with Gasteiger partial charge in [-0.1, -0.05) is 121 Å². The Kier molecular flexibility index (Phi) is 6.25. The number of thiazole rings is 1. The van der Waals surface area contributed by atoms with Crippen molar-refractivity contribution in [3.05, 3.63) is 146 Å². The van der Waals surface area contributed by atoms with Crippen LogP contribution < -0.4 is 0 Å². The average molecular weight is 609 g/mol. The standard InChI is InChI=1S/C40H24N4OS/c1-4-12-25(13-5-1)37-42-38(26-14-6-2-7-15-26)44-39(43-37)28-22-23-34-32(24-28)30-19-10-18-29(35(30)45-34)31-20-11-21-33-36(31)46-40(41-33)27-16-8-3-9-17-27/h1-24H. The molecule has 216 valence electrons. The van der Waals surface area contributed by atoms with Crippen LogP contribution in [-0.4, -0.2) is 19.9 Å². The van der Waals surface area contributed by atoms with Crippen LogP contribution in [0.5, 0.6) is 0 Å². The zero-order chi connectivity index (χ0) is 30.5. The molecule has 0 N–H and O–H groups in total. The van der Waals surface area contributed by atoms with Crippen molar-refractivity contribution >= 4 is 43.5 Å². The summed E-state index contributed by atoms with van der Waals surface area (Å²) in [6.45, 7) is 0. The predicted octanol–water partition coefficient (Wildman–Crippen LogP) is 10.7. The maximum absolute atomic E-state index is 6.59. The van der Waals surface area contributed by atoms with Gasteiger partial charge in [0.15, 0.2) is 17.5 Å². The lowest BCUT2D eigenvalue weighted by atomic mass is 10.0. The normalized spacial score (nSPS) is 11.5. The van der Waals surface area contributed by atoms with Crippen molar-refractivity contribution in [2.45, 2.75) is 0 Å². The fourth-order valence-electron chi connectivity index (χ4n) is 5.95. The van der Waals surface area contributed by atoms with Gasteiger partial charge in [0.25, 0.3) is 0 Å². The van der Waals surface area contributed by atoms with Crippen molar-refractivity contribution < 1.29 is 4.42 Å². The molecule has 6 heteroatoms. The first-order valence-electron chi connectivity index (χ1n) is 15.1. The molecule has 0 amide bonds. The summed E-state index contributed by atoms with van der Waals surface area (Å²) in [4.78, 5) is 19.7. The summed E-state index contributed by atoms with van der Waals surface area (Å²) in [5, 5.41) is 3.06. The molecular formula is C40H24N4OS. The number of hydrogen-bond donors (Lipinski definition) is 0. The third-order valence-electron chi connectivity index (χ3n) is 8.18. The minimum atomic E-state index is 0.614. The number of benzene rings is 6. The second-order valence-electron chi connectivity index (χ2n) is 11.1. The van der Waals surface area contributed by atoms with E-state index in [2.05, 4.69) is 54.6 Å². The van der Waals surface area contributed by atoms with Gasteiger partial charge in [-0.3, -0.25) is 0 Å². The van der Waals surface area contributed by atoms with Crippen LogP contribution in [0.3, 0.4) is 0 Å². The number of rotatable bonds is 5. The van der Waals surface area contributed by atoms with Gasteiger partial charge in [-0.15, -0.1) is 11.3 Å². The number of hydrogen-bond acceptors (Lipinski definition) is 6. The van der Waals surface area contributed by atoms with Gasteiger partial charge in [0.2, 0.25) is 0 Å². The molecule has 9 rings (SSSR count). The van der Waals surface area contributed by atoms with Crippen LogP contribution in [0.2, 0.25) is 0 Å². The highest BCUT2D eigenvalue weighted by Crippen LogP contribution is 2.42. The third kappa shape index (κ3) is 4.55. The second-order valence-corrected chi connectivity index (χ2v) is 12.1. The molecule has 0 atom stereocenters. The van der Waals surface area contributed by atoms with Gasteiger partial charge < -0.3 is 4.42 Å². The molecule has 0 radical (unpaired) electrons. The van der Waals surface area contributed by atoms with Crippen molar-refractivity contribution in [1.29, 1.82) is 0 Å². The van der Waals surface area contributed by atoms with Crippen molar-refractivity contribution in [2.75, 3.05) is 0 Å². The monoisotopic (exact) mass is 608 g/mol. The van der Waals surface area contributed by atoms with E-state index in [9.17, 15) is 0 Å². The minimum Gasteiger partial charge on any atom is -0.455 e. The van der Waals surface area contributed by atoms with Crippen LogP contribution in [0.15, 0.2) is 150 Å². The molecule has 5 nitrogen and oxygen atoms in total. The minimum absolute atomic E-state index is 0.614. The fraction of sp³-hybridized carbons (Fsp3) is 0. The molecule has 6 aromatic carbocycles. The molecule has 0 aliphatic rings. The topological polar surface area (TPSA) is 64.7 Å². The van der Waals surface area contributed by atoms with E-state index in [4.69, 9.17) is 24.4 Å². The lowest BCUT2D eigenvalue weighted by molar-refractivity contribution is 0.670. The van der Waals surface area contributed by atoms with Gasteiger partial charge in [-0.05, 0) is 24.3 Å². The van der Waals surface area contributed by atoms with Crippen LogP contribution in [-0.2, 0) is 0 Å². The first-order valence-corrected chi connectivity index (χ1v) is 15.9. The van der Waals surface area contributed by atoms with Crippen LogP contribution in [0, 0.1) is 0 Å². The van der Waals surface area contributed by atoms with Crippen molar-refractivity contribution in [1.82, 2.24) is 19.9 Å². The van der Waals surface area contributed by atoms with E-state index in [1.165, 1.54) is 0 Å². The molecule has 0 unspecified atom stereocenters. The lowest BCUT2D eigenvalue weighted by Gasteiger charge is -2.08. The molecule has 0 fully saturated rings. The summed E-state index contributed by atoms with van der Waals surface area (Å²) in [7, 11) is 0. The van der Waals surface area contributed by atoms with E-state index >= 15 is 0 Å². The highest BCUT2D eigenvalue weighted by atomic mass is 32.1. The quantitative estimate of drug-likeness (QED) is 0.194. The van der Waals surface area contributed by atoms with Crippen molar-refractivity contribution in [3.63, 3.8) is 0 Å². The van der Waals surface area contributed by atoms with Gasteiger partial charge in [0.1, 0.15) is 16.2 Å². The summed E-state index contributed by atoms with van der Waals surface area (Å²) in [6.07, 6.45) is 0. The molecule has 0 spiro atoms. The van der Waals surface area contributed by atoms with Crippen molar-refractivity contribution in [2.24, 2.45) is 0 Å². The molecule has 0 saturated heterocycles. The Morgan fingerprint density at radius 1 is 0.435 bits per heavy atom. The maximum atomic E-state index is 6.59. The first kappa shape index (κ1) is 26.4. The van der Waals surface area contributed by atoms with E-state index in [-0.39, 0.29) is 0 Å². The van der Waals surface area contributed by atoms with E-state index in [1.54, 1.807) is 11.3 Å².